The van der Waals surface area contributed by atoms with Crippen molar-refractivity contribution in [3.05, 3.63) is 12.2 Å². The Bertz CT molecular complexity index is 631. The lowest BCUT2D eigenvalue weighted by Crippen LogP contribution is -2.47. The van der Waals surface area contributed by atoms with Crippen molar-refractivity contribution in [1.82, 2.24) is 15.5 Å². The van der Waals surface area contributed by atoms with Crippen molar-refractivity contribution in [3.63, 3.8) is 0 Å². The number of hydrogen-bond acceptors (Lipinski definition) is 6. The third-order valence-electron chi connectivity index (χ3n) is 4.22. The number of esters is 1. The molecule has 0 bridgehead atoms. The predicted octanol–water partition coefficient (Wildman–Crippen LogP) is 0.104. The predicted molar refractivity (Wildman–Crippen MR) is 89.4 cm³/mol. The monoisotopic (exact) mass is 365 g/mol. The van der Waals surface area contributed by atoms with E-state index in [-0.39, 0.29) is 6.04 Å². The number of nitrogens with one attached hydrogen (secondary N) is 2. The Morgan fingerprint density at radius 1 is 1.12 bits per heavy atom. The van der Waals surface area contributed by atoms with Crippen LogP contribution in [0.3, 0.4) is 0 Å². The Kier molecular flexibility index (Phi) is 6.12. The number of urea groups is 1. The standard InChI is InChI=1S/C17H23N3O6/c1-9(2)18-17(25)19-14(22)10(3)26-13(21)8-20-15(23)11-6-4-5-7-12(11)16(20)24/h4-5,9-12H,6-8H2,1-3H3,(H2,18,19,22,25)/t10-,11+,12+/m1/s1. The Morgan fingerprint density at radius 2 is 1.65 bits per heavy atom. The first-order valence-electron chi connectivity index (χ1n) is 8.51. The van der Waals surface area contributed by atoms with E-state index in [0.29, 0.717) is 12.8 Å². The molecule has 1 saturated heterocycles. The minimum absolute atomic E-state index is 0.161. The number of imide groups is 2. The number of hydrogen-bond donors (Lipinski definition) is 2. The number of nitrogens with zero attached hydrogens (tertiary/aromatic N) is 1. The quantitative estimate of drug-likeness (QED) is 0.405. The van der Waals surface area contributed by atoms with Gasteiger partial charge in [-0.25, -0.2) is 4.79 Å². The van der Waals surface area contributed by atoms with Gasteiger partial charge >= 0.3 is 12.0 Å². The molecule has 1 aliphatic heterocycles. The summed E-state index contributed by atoms with van der Waals surface area (Å²) in [5.41, 5.74) is 0. The number of carbonyl (C=O) groups is 5. The molecule has 3 atom stereocenters. The van der Waals surface area contributed by atoms with Gasteiger partial charge in [-0.1, -0.05) is 12.2 Å². The zero-order chi connectivity index (χ0) is 19.4. The molecule has 0 aromatic heterocycles. The Hall–Kier alpha value is -2.71. The van der Waals surface area contributed by atoms with E-state index >= 15 is 0 Å². The molecule has 1 fully saturated rings. The Morgan fingerprint density at radius 3 is 2.15 bits per heavy atom. The Balaban J connectivity index is 1.86. The lowest BCUT2D eigenvalue weighted by atomic mass is 9.85. The molecule has 0 aromatic carbocycles. The maximum Gasteiger partial charge on any atom is 0.326 e. The summed E-state index contributed by atoms with van der Waals surface area (Å²) in [6.07, 6.45) is 3.41. The van der Waals surface area contributed by atoms with Crippen LogP contribution in [0.2, 0.25) is 0 Å². The summed E-state index contributed by atoms with van der Waals surface area (Å²) >= 11 is 0. The fraction of sp³-hybridized carbons (Fsp3) is 0.588. The highest BCUT2D eigenvalue weighted by Crippen LogP contribution is 2.34. The molecule has 2 rings (SSSR count). The van der Waals surface area contributed by atoms with Crippen LogP contribution in [0.5, 0.6) is 0 Å². The van der Waals surface area contributed by atoms with E-state index in [1.165, 1.54) is 6.92 Å². The van der Waals surface area contributed by atoms with E-state index in [1.807, 2.05) is 17.5 Å². The second-order valence-electron chi connectivity index (χ2n) is 6.67. The minimum Gasteiger partial charge on any atom is -0.451 e. The van der Waals surface area contributed by atoms with Crippen molar-refractivity contribution in [2.75, 3.05) is 6.54 Å². The molecule has 0 spiro atoms. The van der Waals surface area contributed by atoms with Crippen LogP contribution in [-0.4, -0.2) is 53.3 Å². The molecular weight excluding hydrogens is 342 g/mol. The van der Waals surface area contributed by atoms with Gasteiger partial charge in [-0.2, -0.15) is 0 Å². The summed E-state index contributed by atoms with van der Waals surface area (Å²) in [6.45, 7) is 4.21. The fourth-order valence-electron chi connectivity index (χ4n) is 2.95. The number of amides is 5. The van der Waals surface area contributed by atoms with Crippen LogP contribution in [-0.2, 0) is 23.9 Å². The molecule has 9 nitrogen and oxygen atoms in total. The first kappa shape index (κ1) is 19.6. The van der Waals surface area contributed by atoms with E-state index in [9.17, 15) is 24.0 Å². The van der Waals surface area contributed by atoms with Crippen molar-refractivity contribution < 1.29 is 28.7 Å². The van der Waals surface area contributed by atoms with Crippen LogP contribution >= 0.6 is 0 Å². The van der Waals surface area contributed by atoms with E-state index in [0.717, 1.165) is 4.90 Å². The summed E-state index contributed by atoms with van der Waals surface area (Å²) in [5, 5.41) is 4.51. The summed E-state index contributed by atoms with van der Waals surface area (Å²) < 4.78 is 4.94. The molecular formula is C17H23N3O6. The summed E-state index contributed by atoms with van der Waals surface area (Å²) in [4.78, 5) is 60.8. The molecule has 2 aliphatic rings. The Labute approximate surface area is 151 Å². The highest BCUT2D eigenvalue weighted by Gasteiger charge is 2.47. The zero-order valence-corrected chi connectivity index (χ0v) is 15.0. The zero-order valence-electron chi connectivity index (χ0n) is 15.0. The normalized spacial score (nSPS) is 22.8. The topological polar surface area (TPSA) is 122 Å². The highest BCUT2D eigenvalue weighted by atomic mass is 16.5. The van der Waals surface area contributed by atoms with E-state index in [2.05, 4.69) is 5.32 Å². The van der Waals surface area contributed by atoms with Gasteiger partial charge in [-0.3, -0.25) is 29.4 Å². The number of rotatable bonds is 5. The van der Waals surface area contributed by atoms with E-state index in [4.69, 9.17) is 4.74 Å². The number of likely N-dealkylation sites (tertiary alicyclic amines) is 1. The van der Waals surface area contributed by atoms with Gasteiger partial charge in [0, 0.05) is 6.04 Å². The summed E-state index contributed by atoms with van der Waals surface area (Å²) in [7, 11) is 0. The molecule has 1 heterocycles. The molecule has 0 radical (unpaired) electrons. The largest absolute Gasteiger partial charge is 0.451 e. The number of ether oxygens (including phenoxy) is 1. The summed E-state index contributed by atoms with van der Waals surface area (Å²) in [6, 6.07) is -0.861. The van der Waals surface area contributed by atoms with Crippen LogP contribution in [0, 0.1) is 11.8 Å². The molecule has 0 aromatic rings. The maximum absolute atomic E-state index is 12.3. The first-order chi connectivity index (χ1) is 12.2. The molecule has 2 N–H and O–H groups in total. The molecule has 5 amide bonds. The number of allylic oxidation sites excluding steroid dienone is 2. The maximum atomic E-state index is 12.3. The summed E-state index contributed by atoms with van der Waals surface area (Å²) in [5.74, 6) is -3.33. The van der Waals surface area contributed by atoms with Gasteiger partial charge < -0.3 is 10.1 Å². The average molecular weight is 365 g/mol. The van der Waals surface area contributed by atoms with Gasteiger partial charge in [0.25, 0.3) is 5.91 Å². The van der Waals surface area contributed by atoms with Crippen LogP contribution < -0.4 is 10.6 Å². The van der Waals surface area contributed by atoms with E-state index < -0.39 is 54.2 Å². The van der Waals surface area contributed by atoms with Crippen molar-refractivity contribution in [1.29, 1.82) is 0 Å². The lowest BCUT2D eigenvalue weighted by Gasteiger charge is -2.17. The molecule has 1 aliphatic carbocycles. The van der Waals surface area contributed by atoms with E-state index in [1.54, 1.807) is 13.8 Å². The van der Waals surface area contributed by atoms with Gasteiger partial charge in [0.1, 0.15) is 6.54 Å². The molecule has 9 heteroatoms. The highest BCUT2D eigenvalue weighted by molar-refractivity contribution is 6.07. The van der Waals surface area contributed by atoms with Crippen LogP contribution in [0.1, 0.15) is 33.6 Å². The van der Waals surface area contributed by atoms with Crippen LogP contribution in [0.15, 0.2) is 12.2 Å². The number of fused-ring (bicyclic) bond motifs is 1. The third-order valence-corrected chi connectivity index (χ3v) is 4.22. The molecule has 0 saturated carbocycles. The van der Waals surface area contributed by atoms with Gasteiger partial charge in [-0.05, 0) is 33.6 Å². The first-order valence-corrected chi connectivity index (χ1v) is 8.51. The van der Waals surface area contributed by atoms with Gasteiger partial charge in [0.2, 0.25) is 11.8 Å². The van der Waals surface area contributed by atoms with Crippen molar-refractivity contribution >= 4 is 29.7 Å². The van der Waals surface area contributed by atoms with Crippen molar-refractivity contribution in [2.24, 2.45) is 11.8 Å². The third kappa shape index (κ3) is 4.47. The van der Waals surface area contributed by atoms with Gasteiger partial charge in [0.15, 0.2) is 6.10 Å². The van der Waals surface area contributed by atoms with Crippen molar-refractivity contribution in [2.45, 2.75) is 45.8 Å². The molecule has 0 unspecified atom stereocenters. The van der Waals surface area contributed by atoms with Crippen molar-refractivity contribution in [3.8, 4) is 0 Å². The fourth-order valence-corrected chi connectivity index (χ4v) is 2.95. The molecule has 26 heavy (non-hydrogen) atoms. The molecule has 142 valence electrons. The van der Waals surface area contributed by atoms with Crippen LogP contribution in [0.4, 0.5) is 4.79 Å². The van der Waals surface area contributed by atoms with Crippen LogP contribution in [0.25, 0.3) is 0 Å². The smallest absolute Gasteiger partial charge is 0.326 e. The van der Waals surface area contributed by atoms with Gasteiger partial charge in [0.05, 0.1) is 11.8 Å². The second-order valence-corrected chi connectivity index (χ2v) is 6.67. The number of carbonyl (C=O) groups excluding carboxylic acids is 5. The minimum atomic E-state index is -1.24. The SMILES string of the molecule is CC(C)NC(=O)NC(=O)[C@@H](C)OC(=O)CN1C(=O)[C@H]2CC=CC[C@@H]2C1=O. The van der Waals surface area contributed by atoms with Gasteiger partial charge in [-0.15, -0.1) is 0 Å². The average Bonchev–Trinajstić information content (AvgIpc) is 2.79. The second kappa shape index (κ2) is 8.11. The lowest BCUT2D eigenvalue weighted by molar-refractivity contribution is -0.159.